The van der Waals surface area contributed by atoms with Crippen LogP contribution in [0.4, 0.5) is 5.69 Å². The monoisotopic (exact) mass is 454 g/mol. The number of fused-ring (bicyclic) bond motifs is 1. The first kappa shape index (κ1) is 21.9. The van der Waals surface area contributed by atoms with E-state index in [0.29, 0.717) is 48.1 Å². The lowest BCUT2D eigenvalue weighted by atomic mass is 9.97. The molecule has 0 aliphatic carbocycles. The number of amides is 2. The normalized spacial score (nSPS) is 19.1. The Hall–Kier alpha value is -3.32. The number of hydrogen-bond acceptors (Lipinski definition) is 5. The molecule has 2 aromatic carbocycles. The van der Waals surface area contributed by atoms with Crippen LogP contribution in [0.1, 0.15) is 35.7 Å². The molecule has 2 amide bonds. The Kier molecular flexibility index (Phi) is 6.46. The third-order valence-electron chi connectivity index (χ3n) is 5.39. The quantitative estimate of drug-likeness (QED) is 0.554. The van der Waals surface area contributed by atoms with E-state index in [9.17, 15) is 14.4 Å². The molecule has 2 aliphatic heterocycles. The predicted octanol–water partition coefficient (Wildman–Crippen LogP) is 4.13. The number of benzene rings is 2. The van der Waals surface area contributed by atoms with E-state index >= 15 is 0 Å². The van der Waals surface area contributed by atoms with Crippen LogP contribution in [0.3, 0.4) is 0 Å². The van der Waals surface area contributed by atoms with Crippen LogP contribution in [0.2, 0.25) is 5.02 Å². The van der Waals surface area contributed by atoms with Crippen molar-refractivity contribution in [1.82, 2.24) is 4.90 Å². The molecule has 0 aromatic heterocycles. The SMILES string of the molecule is CCOC(=O)C1CCCN(C(=O)c2ccc3c(c2)NC(=O)C(=Cc2cccc(Cl)c2)O3)C1. The smallest absolute Gasteiger partial charge is 0.310 e. The van der Waals surface area contributed by atoms with Gasteiger partial charge in [-0.15, -0.1) is 0 Å². The van der Waals surface area contributed by atoms with E-state index in [-0.39, 0.29) is 23.6 Å². The topological polar surface area (TPSA) is 84.9 Å². The van der Waals surface area contributed by atoms with Gasteiger partial charge in [-0.1, -0.05) is 23.7 Å². The van der Waals surface area contributed by atoms with Crippen LogP contribution < -0.4 is 10.1 Å². The highest BCUT2D eigenvalue weighted by atomic mass is 35.5. The number of rotatable bonds is 4. The second kappa shape index (κ2) is 9.44. The number of piperidine rings is 1. The van der Waals surface area contributed by atoms with Crippen molar-refractivity contribution in [2.45, 2.75) is 19.8 Å². The Morgan fingerprint density at radius 3 is 2.91 bits per heavy atom. The summed E-state index contributed by atoms with van der Waals surface area (Å²) in [5.41, 5.74) is 1.57. The van der Waals surface area contributed by atoms with Gasteiger partial charge in [0.15, 0.2) is 11.5 Å². The Morgan fingerprint density at radius 2 is 2.12 bits per heavy atom. The highest BCUT2D eigenvalue weighted by Crippen LogP contribution is 2.33. The zero-order valence-corrected chi connectivity index (χ0v) is 18.4. The van der Waals surface area contributed by atoms with Gasteiger partial charge in [0.2, 0.25) is 0 Å². The van der Waals surface area contributed by atoms with E-state index in [1.807, 2.05) is 6.07 Å². The molecule has 8 heteroatoms. The fraction of sp³-hybridized carbons (Fsp3) is 0.292. The van der Waals surface area contributed by atoms with Gasteiger partial charge in [-0.05, 0) is 61.7 Å². The minimum atomic E-state index is -0.414. The molecule has 32 heavy (non-hydrogen) atoms. The second-order valence-corrected chi connectivity index (χ2v) is 8.11. The molecular weight excluding hydrogens is 432 g/mol. The number of nitrogens with one attached hydrogen (secondary N) is 1. The third kappa shape index (κ3) is 4.78. The Bertz CT molecular complexity index is 1100. The number of likely N-dealkylation sites (tertiary alicyclic amines) is 1. The van der Waals surface area contributed by atoms with E-state index in [2.05, 4.69) is 5.32 Å². The molecule has 7 nitrogen and oxygen atoms in total. The fourth-order valence-corrected chi connectivity index (χ4v) is 4.04. The van der Waals surface area contributed by atoms with Crippen molar-refractivity contribution >= 4 is 41.1 Å². The molecule has 1 saturated heterocycles. The van der Waals surface area contributed by atoms with Gasteiger partial charge in [-0.25, -0.2) is 0 Å². The molecule has 1 fully saturated rings. The van der Waals surface area contributed by atoms with Gasteiger partial charge < -0.3 is 19.7 Å². The Morgan fingerprint density at radius 1 is 1.28 bits per heavy atom. The summed E-state index contributed by atoms with van der Waals surface area (Å²) in [7, 11) is 0. The summed E-state index contributed by atoms with van der Waals surface area (Å²) < 4.78 is 10.9. The summed E-state index contributed by atoms with van der Waals surface area (Å²) in [4.78, 5) is 39.3. The highest BCUT2D eigenvalue weighted by molar-refractivity contribution is 6.30. The second-order valence-electron chi connectivity index (χ2n) is 7.67. The number of carbonyl (C=O) groups excluding carboxylic acids is 3. The van der Waals surface area contributed by atoms with Gasteiger partial charge in [-0.2, -0.15) is 0 Å². The van der Waals surface area contributed by atoms with Crippen LogP contribution in [0.25, 0.3) is 6.08 Å². The summed E-state index contributed by atoms with van der Waals surface area (Å²) in [6.45, 7) is 2.98. The van der Waals surface area contributed by atoms with Crippen LogP contribution in [0, 0.1) is 5.92 Å². The molecule has 1 atom stereocenters. The van der Waals surface area contributed by atoms with Crippen molar-refractivity contribution in [2.75, 3.05) is 25.0 Å². The number of esters is 1. The van der Waals surface area contributed by atoms with Crippen LogP contribution in [0.5, 0.6) is 5.75 Å². The lowest BCUT2D eigenvalue weighted by molar-refractivity contribution is -0.149. The van der Waals surface area contributed by atoms with Gasteiger partial charge in [0.25, 0.3) is 11.8 Å². The molecule has 1 N–H and O–H groups in total. The maximum Gasteiger partial charge on any atom is 0.310 e. The molecule has 2 heterocycles. The predicted molar refractivity (Wildman–Crippen MR) is 120 cm³/mol. The summed E-state index contributed by atoms with van der Waals surface area (Å²) >= 11 is 6.00. The Labute approximate surface area is 190 Å². The molecule has 1 unspecified atom stereocenters. The highest BCUT2D eigenvalue weighted by Gasteiger charge is 2.31. The molecule has 2 aromatic rings. The first-order chi connectivity index (χ1) is 15.4. The van der Waals surface area contributed by atoms with E-state index in [0.717, 1.165) is 12.0 Å². The molecule has 2 aliphatic rings. The lowest BCUT2D eigenvalue weighted by Crippen LogP contribution is -2.42. The number of halogens is 1. The maximum absolute atomic E-state index is 13.0. The summed E-state index contributed by atoms with van der Waals surface area (Å²) in [5.74, 6) is -0.619. The molecule has 0 bridgehead atoms. The minimum absolute atomic E-state index is 0.132. The van der Waals surface area contributed by atoms with Crippen molar-refractivity contribution in [3.8, 4) is 5.75 Å². The van der Waals surface area contributed by atoms with Gasteiger partial charge in [0.1, 0.15) is 0 Å². The summed E-state index contributed by atoms with van der Waals surface area (Å²) in [5, 5.41) is 3.33. The zero-order valence-electron chi connectivity index (χ0n) is 17.6. The molecule has 0 radical (unpaired) electrons. The number of carbonyl (C=O) groups is 3. The van der Waals surface area contributed by atoms with Crippen LogP contribution >= 0.6 is 11.6 Å². The largest absolute Gasteiger partial charge is 0.466 e. The van der Waals surface area contributed by atoms with Crippen molar-refractivity contribution in [1.29, 1.82) is 0 Å². The fourth-order valence-electron chi connectivity index (χ4n) is 3.84. The molecule has 0 saturated carbocycles. The number of nitrogens with zero attached hydrogens (tertiary/aromatic N) is 1. The number of hydrogen-bond donors (Lipinski definition) is 1. The number of ether oxygens (including phenoxy) is 2. The standard InChI is InChI=1S/C24H23ClN2O5/c1-2-31-24(30)17-6-4-10-27(14-17)23(29)16-8-9-20-19(13-16)26-22(28)21(32-20)12-15-5-3-7-18(25)11-15/h3,5,7-9,11-13,17H,2,4,6,10,14H2,1H3,(H,26,28). The van der Waals surface area contributed by atoms with Crippen molar-refractivity contribution in [3.63, 3.8) is 0 Å². The molecule has 4 rings (SSSR count). The van der Waals surface area contributed by atoms with E-state index in [4.69, 9.17) is 21.1 Å². The average molecular weight is 455 g/mol. The summed E-state index contributed by atoms with van der Waals surface area (Å²) in [6.07, 6.45) is 3.04. The third-order valence-corrected chi connectivity index (χ3v) is 5.63. The van der Waals surface area contributed by atoms with Crippen molar-refractivity contribution in [3.05, 3.63) is 64.4 Å². The van der Waals surface area contributed by atoms with Gasteiger partial charge in [-0.3, -0.25) is 14.4 Å². The molecule has 166 valence electrons. The van der Waals surface area contributed by atoms with Gasteiger partial charge in [0, 0.05) is 23.7 Å². The number of anilines is 1. The van der Waals surface area contributed by atoms with Crippen LogP contribution in [-0.2, 0) is 14.3 Å². The zero-order chi connectivity index (χ0) is 22.7. The molecular formula is C24H23ClN2O5. The lowest BCUT2D eigenvalue weighted by Gasteiger charge is -2.32. The van der Waals surface area contributed by atoms with Crippen LogP contribution in [0.15, 0.2) is 48.2 Å². The minimum Gasteiger partial charge on any atom is -0.466 e. The average Bonchev–Trinajstić information content (AvgIpc) is 2.79. The van der Waals surface area contributed by atoms with E-state index in [1.54, 1.807) is 54.3 Å². The van der Waals surface area contributed by atoms with E-state index in [1.165, 1.54) is 0 Å². The summed E-state index contributed by atoms with van der Waals surface area (Å²) in [6, 6.07) is 12.0. The van der Waals surface area contributed by atoms with E-state index < -0.39 is 5.91 Å². The molecule has 0 spiro atoms. The van der Waals surface area contributed by atoms with Crippen LogP contribution in [-0.4, -0.2) is 42.4 Å². The van der Waals surface area contributed by atoms with Gasteiger partial charge in [0.05, 0.1) is 18.2 Å². The maximum atomic E-state index is 13.0. The van der Waals surface area contributed by atoms with Gasteiger partial charge >= 0.3 is 5.97 Å². The van der Waals surface area contributed by atoms with Crippen molar-refractivity contribution < 1.29 is 23.9 Å². The first-order valence-electron chi connectivity index (χ1n) is 10.5. The Balaban J connectivity index is 1.50. The first-order valence-corrected chi connectivity index (χ1v) is 10.9. The van der Waals surface area contributed by atoms with Crippen molar-refractivity contribution in [2.24, 2.45) is 5.92 Å².